The maximum absolute atomic E-state index is 12.9. The van der Waals surface area contributed by atoms with Crippen LogP contribution in [0.15, 0.2) is 42.5 Å². The lowest BCUT2D eigenvalue weighted by atomic mass is 10.0. The Morgan fingerprint density at radius 1 is 1.13 bits per heavy atom. The van der Waals surface area contributed by atoms with Gasteiger partial charge in [-0.15, -0.1) is 11.6 Å². The van der Waals surface area contributed by atoms with Gasteiger partial charge in [-0.3, -0.25) is 14.3 Å². The van der Waals surface area contributed by atoms with Crippen molar-refractivity contribution in [3.05, 3.63) is 48.2 Å². The van der Waals surface area contributed by atoms with Gasteiger partial charge >= 0.3 is 5.97 Å². The largest absolute Gasteiger partial charge is 0.462 e. The zero-order valence-corrected chi connectivity index (χ0v) is 19.2. The number of benzene rings is 2. The van der Waals surface area contributed by atoms with Gasteiger partial charge in [0.15, 0.2) is 5.69 Å². The maximum atomic E-state index is 12.9. The van der Waals surface area contributed by atoms with Crippen molar-refractivity contribution in [2.45, 2.75) is 19.4 Å². The molecule has 0 atom stereocenters. The molecule has 0 aliphatic carbocycles. The van der Waals surface area contributed by atoms with E-state index in [-0.39, 0.29) is 18.4 Å². The van der Waals surface area contributed by atoms with E-state index < -0.39 is 11.5 Å². The Morgan fingerprint density at radius 2 is 1.77 bits per heavy atom. The number of carbonyl (C=O) groups excluding carboxylic acids is 2. The van der Waals surface area contributed by atoms with Crippen molar-refractivity contribution in [2.75, 3.05) is 31.5 Å². The molecule has 0 spiro atoms. The zero-order valence-electron chi connectivity index (χ0n) is 18.4. The Labute approximate surface area is 186 Å². The minimum atomic E-state index is -0.767. The summed E-state index contributed by atoms with van der Waals surface area (Å²) < 4.78 is 6.76. The van der Waals surface area contributed by atoms with Crippen LogP contribution in [0, 0.1) is 0 Å². The van der Waals surface area contributed by atoms with Crippen LogP contribution >= 0.6 is 11.6 Å². The highest BCUT2D eigenvalue weighted by molar-refractivity contribution is 6.26. The molecule has 0 fully saturated rings. The van der Waals surface area contributed by atoms with E-state index in [1.165, 1.54) is 0 Å². The van der Waals surface area contributed by atoms with Gasteiger partial charge in [0.2, 0.25) is 0 Å². The first kappa shape index (κ1) is 22.6. The number of esters is 1. The third-order valence-corrected chi connectivity index (χ3v) is 5.16. The van der Waals surface area contributed by atoms with Gasteiger partial charge in [-0.25, -0.2) is 0 Å². The summed E-state index contributed by atoms with van der Waals surface area (Å²) in [6.45, 7) is 3.56. The number of hydrogen-bond acceptors (Lipinski definition) is 5. The van der Waals surface area contributed by atoms with Crippen LogP contribution in [-0.4, -0.2) is 53.8 Å². The van der Waals surface area contributed by atoms with Crippen LogP contribution in [0.25, 0.3) is 22.0 Å². The Morgan fingerprint density at radius 3 is 2.39 bits per heavy atom. The van der Waals surface area contributed by atoms with Gasteiger partial charge in [-0.05, 0) is 49.2 Å². The number of nitrogens with zero attached hydrogens (tertiary/aromatic N) is 3. The summed E-state index contributed by atoms with van der Waals surface area (Å²) in [4.78, 5) is 26.3. The van der Waals surface area contributed by atoms with E-state index in [4.69, 9.17) is 16.3 Å². The van der Waals surface area contributed by atoms with Gasteiger partial charge in [0.25, 0.3) is 5.91 Å². The van der Waals surface area contributed by atoms with Crippen molar-refractivity contribution in [1.29, 1.82) is 0 Å². The Kier molecular flexibility index (Phi) is 6.55. The van der Waals surface area contributed by atoms with Crippen molar-refractivity contribution in [1.82, 2.24) is 15.1 Å². The van der Waals surface area contributed by atoms with Gasteiger partial charge in [0, 0.05) is 32.2 Å². The average molecular weight is 443 g/mol. The molecule has 0 saturated heterocycles. The summed E-state index contributed by atoms with van der Waals surface area (Å²) in [5.74, 6) is -1.09. The van der Waals surface area contributed by atoms with E-state index in [1.807, 2.05) is 39.3 Å². The summed E-state index contributed by atoms with van der Waals surface area (Å²) in [6.07, 6.45) is 0. The number of aromatic nitrogens is 2. The third-order valence-electron chi connectivity index (χ3n) is 4.94. The van der Waals surface area contributed by atoms with E-state index in [2.05, 4.69) is 39.6 Å². The van der Waals surface area contributed by atoms with E-state index in [0.29, 0.717) is 5.69 Å². The molecule has 8 heteroatoms. The van der Waals surface area contributed by atoms with Crippen LogP contribution in [0.3, 0.4) is 0 Å². The molecule has 0 saturated carbocycles. The molecule has 164 valence electrons. The first-order valence-corrected chi connectivity index (χ1v) is 10.4. The molecular formula is C23H27ClN4O3. The number of carbonyl (C=O) groups is 2. The van der Waals surface area contributed by atoms with Crippen LogP contribution in [0.1, 0.15) is 24.3 Å². The number of nitrogens with one attached hydrogen (secondary N) is 1. The predicted octanol–water partition coefficient (Wildman–Crippen LogP) is 3.60. The Hall–Kier alpha value is -3.06. The molecule has 1 heterocycles. The predicted molar refractivity (Wildman–Crippen MR) is 124 cm³/mol. The number of halogens is 1. The lowest BCUT2D eigenvalue weighted by molar-refractivity contribution is -0.142. The van der Waals surface area contributed by atoms with E-state index in [0.717, 1.165) is 27.7 Å². The van der Waals surface area contributed by atoms with Crippen LogP contribution in [0.2, 0.25) is 0 Å². The fourth-order valence-corrected chi connectivity index (χ4v) is 3.34. The lowest BCUT2D eigenvalue weighted by Crippen LogP contribution is -2.47. The van der Waals surface area contributed by atoms with Gasteiger partial charge in [0.05, 0.1) is 11.1 Å². The molecule has 1 aromatic heterocycles. The molecule has 3 aromatic rings. The van der Waals surface area contributed by atoms with Crippen LogP contribution in [0.4, 0.5) is 5.69 Å². The molecule has 2 aromatic carbocycles. The van der Waals surface area contributed by atoms with Gasteiger partial charge in [-0.1, -0.05) is 18.2 Å². The maximum Gasteiger partial charge on any atom is 0.320 e. The second-order valence-corrected chi connectivity index (χ2v) is 8.55. The molecular weight excluding hydrogens is 416 g/mol. The van der Waals surface area contributed by atoms with Crippen LogP contribution < -0.4 is 10.2 Å². The van der Waals surface area contributed by atoms with Crippen LogP contribution in [-0.2, 0) is 16.6 Å². The second-order valence-electron chi connectivity index (χ2n) is 8.28. The minimum Gasteiger partial charge on any atom is -0.462 e. The number of aryl methyl sites for hydroxylation is 1. The van der Waals surface area contributed by atoms with Gasteiger partial charge < -0.3 is 15.0 Å². The molecule has 1 N–H and O–H groups in total. The van der Waals surface area contributed by atoms with Crippen molar-refractivity contribution < 1.29 is 14.3 Å². The standard InChI is InChI=1S/C23H27ClN4O3/c1-23(2,14-31-20(29)13-24)25-22(30)21-18-11-8-16(12-19(18)28(5)26-21)15-6-9-17(10-7-15)27(3)4/h6-12H,13-14H2,1-5H3,(H,25,30). The van der Waals surface area contributed by atoms with E-state index in [9.17, 15) is 9.59 Å². The summed E-state index contributed by atoms with van der Waals surface area (Å²) >= 11 is 5.45. The minimum absolute atomic E-state index is 0.0160. The topological polar surface area (TPSA) is 76.5 Å². The van der Waals surface area contributed by atoms with E-state index in [1.54, 1.807) is 18.5 Å². The fraction of sp³-hybridized carbons (Fsp3) is 0.348. The highest BCUT2D eigenvalue weighted by atomic mass is 35.5. The Bertz CT molecular complexity index is 1100. The summed E-state index contributed by atoms with van der Waals surface area (Å²) in [6, 6.07) is 14.2. The number of anilines is 1. The highest BCUT2D eigenvalue weighted by Crippen LogP contribution is 2.27. The van der Waals surface area contributed by atoms with Crippen molar-refractivity contribution in [3.63, 3.8) is 0 Å². The number of hydrogen-bond donors (Lipinski definition) is 1. The summed E-state index contributed by atoms with van der Waals surface area (Å²) in [7, 11) is 5.82. The monoisotopic (exact) mass is 442 g/mol. The first-order valence-electron chi connectivity index (χ1n) is 9.90. The highest BCUT2D eigenvalue weighted by Gasteiger charge is 2.26. The van der Waals surface area contributed by atoms with Crippen molar-refractivity contribution in [3.8, 4) is 11.1 Å². The molecule has 0 aliphatic heterocycles. The molecule has 1 amide bonds. The molecule has 7 nitrogen and oxygen atoms in total. The molecule has 0 aliphatic rings. The third kappa shape index (κ3) is 5.17. The van der Waals surface area contributed by atoms with Crippen molar-refractivity contribution in [2.24, 2.45) is 7.05 Å². The number of rotatable bonds is 7. The molecule has 3 rings (SSSR count). The molecule has 0 unspecified atom stereocenters. The number of amides is 1. The summed E-state index contributed by atoms with van der Waals surface area (Å²) in [5, 5.41) is 8.06. The van der Waals surface area contributed by atoms with Crippen LogP contribution in [0.5, 0.6) is 0 Å². The first-order chi connectivity index (χ1) is 14.6. The Balaban J connectivity index is 1.84. The SMILES string of the molecule is CN(C)c1ccc(-c2ccc3c(C(=O)NC(C)(C)COC(=O)CCl)nn(C)c3c2)cc1. The second kappa shape index (κ2) is 8.98. The number of alkyl halides is 1. The number of ether oxygens (including phenoxy) is 1. The van der Waals surface area contributed by atoms with Gasteiger partial charge in [0.1, 0.15) is 12.5 Å². The zero-order chi connectivity index (χ0) is 22.8. The van der Waals surface area contributed by atoms with E-state index >= 15 is 0 Å². The normalized spacial score (nSPS) is 11.4. The van der Waals surface area contributed by atoms with Crippen molar-refractivity contribution >= 4 is 40.1 Å². The number of fused-ring (bicyclic) bond motifs is 1. The van der Waals surface area contributed by atoms with Gasteiger partial charge in [-0.2, -0.15) is 5.10 Å². The fourth-order valence-electron chi connectivity index (χ4n) is 3.26. The lowest BCUT2D eigenvalue weighted by Gasteiger charge is -2.25. The smallest absolute Gasteiger partial charge is 0.320 e. The molecule has 0 bridgehead atoms. The average Bonchev–Trinajstić information content (AvgIpc) is 3.08. The molecule has 0 radical (unpaired) electrons. The molecule has 31 heavy (non-hydrogen) atoms. The summed E-state index contributed by atoms with van der Waals surface area (Å²) in [5.41, 5.74) is 3.66. The quantitative estimate of drug-likeness (QED) is 0.447.